The maximum absolute atomic E-state index is 4.47. The normalized spacial score (nSPS) is 19.7. The third-order valence-electron chi connectivity index (χ3n) is 4.60. The SMILES string of the molecule is Cc1cc(-c2cc(C[C@@H]3CCCN(C(C)C)C3)ccn2)n[nH]1. The Labute approximate surface area is 133 Å². The van der Waals surface area contributed by atoms with Crippen molar-refractivity contribution in [3.8, 4) is 11.4 Å². The summed E-state index contributed by atoms with van der Waals surface area (Å²) in [5.74, 6) is 0.757. The Morgan fingerprint density at radius 1 is 1.32 bits per heavy atom. The van der Waals surface area contributed by atoms with Gasteiger partial charge >= 0.3 is 0 Å². The third-order valence-corrected chi connectivity index (χ3v) is 4.60. The first kappa shape index (κ1) is 15.2. The molecule has 4 nitrogen and oxygen atoms in total. The van der Waals surface area contributed by atoms with E-state index in [1.165, 1.54) is 31.5 Å². The van der Waals surface area contributed by atoms with Crippen LogP contribution in [0.15, 0.2) is 24.4 Å². The van der Waals surface area contributed by atoms with Gasteiger partial charge in [-0.25, -0.2) is 0 Å². The highest BCUT2D eigenvalue weighted by Gasteiger charge is 2.22. The summed E-state index contributed by atoms with van der Waals surface area (Å²) >= 11 is 0. The summed E-state index contributed by atoms with van der Waals surface area (Å²) in [6.45, 7) is 9.09. The number of likely N-dealkylation sites (tertiary alicyclic amines) is 1. The second-order valence-electron chi connectivity index (χ2n) is 6.79. The minimum Gasteiger partial charge on any atom is -0.301 e. The van der Waals surface area contributed by atoms with Crippen LogP contribution in [0.2, 0.25) is 0 Å². The lowest BCUT2D eigenvalue weighted by molar-refractivity contribution is 0.139. The van der Waals surface area contributed by atoms with Gasteiger partial charge in [-0.3, -0.25) is 10.1 Å². The molecule has 1 N–H and O–H groups in total. The molecule has 1 aliphatic heterocycles. The molecule has 0 amide bonds. The molecule has 118 valence electrons. The van der Waals surface area contributed by atoms with Gasteiger partial charge in [0.15, 0.2) is 0 Å². The molecule has 1 atom stereocenters. The molecule has 3 heterocycles. The van der Waals surface area contributed by atoms with E-state index in [1.807, 2.05) is 19.2 Å². The van der Waals surface area contributed by atoms with E-state index >= 15 is 0 Å². The molecule has 22 heavy (non-hydrogen) atoms. The second kappa shape index (κ2) is 6.61. The number of hydrogen-bond acceptors (Lipinski definition) is 3. The molecule has 1 saturated heterocycles. The van der Waals surface area contributed by atoms with E-state index in [1.54, 1.807) is 0 Å². The van der Waals surface area contributed by atoms with E-state index in [4.69, 9.17) is 0 Å². The topological polar surface area (TPSA) is 44.8 Å². The van der Waals surface area contributed by atoms with E-state index in [2.05, 4.69) is 46.1 Å². The number of aromatic amines is 1. The van der Waals surface area contributed by atoms with E-state index in [9.17, 15) is 0 Å². The van der Waals surface area contributed by atoms with Crippen LogP contribution < -0.4 is 0 Å². The largest absolute Gasteiger partial charge is 0.301 e. The maximum atomic E-state index is 4.47. The summed E-state index contributed by atoms with van der Waals surface area (Å²) in [4.78, 5) is 7.07. The molecule has 2 aromatic heterocycles. The van der Waals surface area contributed by atoms with Gasteiger partial charge in [-0.05, 0) is 76.3 Å². The van der Waals surface area contributed by atoms with Crippen molar-refractivity contribution < 1.29 is 0 Å². The number of hydrogen-bond donors (Lipinski definition) is 1. The summed E-state index contributed by atoms with van der Waals surface area (Å²) in [6, 6.07) is 7.05. The molecule has 4 heteroatoms. The molecular formula is C18H26N4. The van der Waals surface area contributed by atoms with Gasteiger partial charge in [0, 0.05) is 24.5 Å². The van der Waals surface area contributed by atoms with Crippen molar-refractivity contribution in [2.75, 3.05) is 13.1 Å². The number of pyridine rings is 1. The van der Waals surface area contributed by atoms with Crippen LogP contribution in [-0.2, 0) is 6.42 Å². The molecule has 0 aromatic carbocycles. The van der Waals surface area contributed by atoms with Crippen LogP contribution in [-0.4, -0.2) is 39.2 Å². The lowest BCUT2D eigenvalue weighted by atomic mass is 9.90. The molecule has 1 fully saturated rings. The van der Waals surface area contributed by atoms with Gasteiger partial charge in [-0.1, -0.05) is 0 Å². The number of aromatic nitrogens is 3. The van der Waals surface area contributed by atoms with Gasteiger partial charge in [0.25, 0.3) is 0 Å². The fourth-order valence-electron chi connectivity index (χ4n) is 3.36. The van der Waals surface area contributed by atoms with Crippen molar-refractivity contribution >= 4 is 0 Å². The summed E-state index contributed by atoms with van der Waals surface area (Å²) in [6.07, 6.45) is 5.71. The Balaban J connectivity index is 1.70. The van der Waals surface area contributed by atoms with Gasteiger partial charge in [0.1, 0.15) is 5.69 Å². The van der Waals surface area contributed by atoms with Crippen LogP contribution in [0.3, 0.4) is 0 Å². The van der Waals surface area contributed by atoms with Crippen molar-refractivity contribution in [2.45, 2.75) is 46.1 Å². The van der Waals surface area contributed by atoms with Crippen molar-refractivity contribution in [3.63, 3.8) is 0 Å². The highest BCUT2D eigenvalue weighted by molar-refractivity contribution is 5.54. The maximum Gasteiger partial charge on any atom is 0.111 e. The number of nitrogens with zero attached hydrogens (tertiary/aromatic N) is 3. The molecule has 0 saturated carbocycles. The van der Waals surface area contributed by atoms with Gasteiger partial charge in [0.2, 0.25) is 0 Å². The van der Waals surface area contributed by atoms with Crippen molar-refractivity contribution in [2.24, 2.45) is 5.92 Å². The molecule has 0 aliphatic carbocycles. The average Bonchev–Trinajstić information content (AvgIpc) is 2.94. The predicted molar refractivity (Wildman–Crippen MR) is 89.7 cm³/mol. The molecule has 2 aromatic rings. The Kier molecular flexibility index (Phi) is 4.57. The Morgan fingerprint density at radius 2 is 2.18 bits per heavy atom. The monoisotopic (exact) mass is 298 g/mol. The minimum absolute atomic E-state index is 0.655. The van der Waals surface area contributed by atoms with Crippen molar-refractivity contribution in [1.29, 1.82) is 0 Å². The smallest absolute Gasteiger partial charge is 0.111 e. The highest BCUT2D eigenvalue weighted by Crippen LogP contribution is 2.24. The molecular weight excluding hydrogens is 272 g/mol. The molecule has 3 rings (SSSR count). The first-order valence-corrected chi connectivity index (χ1v) is 8.33. The number of rotatable bonds is 4. The fraction of sp³-hybridized carbons (Fsp3) is 0.556. The fourth-order valence-corrected chi connectivity index (χ4v) is 3.36. The first-order valence-electron chi connectivity index (χ1n) is 8.33. The predicted octanol–water partition coefficient (Wildman–Crippen LogP) is 3.44. The van der Waals surface area contributed by atoms with Crippen LogP contribution in [0.5, 0.6) is 0 Å². The first-order chi connectivity index (χ1) is 10.6. The van der Waals surface area contributed by atoms with Gasteiger partial charge in [-0.15, -0.1) is 0 Å². The van der Waals surface area contributed by atoms with Crippen LogP contribution in [0.25, 0.3) is 11.4 Å². The van der Waals surface area contributed by atoms with Crippen LogP contribution in [0.4, 0.5) is 0 Å². The number of H-pyrrole nitrogens is 1. The van der Waals surface area contributed by atoms with Gasteiger partial charge in [-0.2, -0.15) is 5.10 Å². The summed E-state index contributed by atoms with van der Waals surface area (Å²) in [7, 11) is 0. The Bertz CT molecular complexity index is 617. The summed E-state index contributed by atoms with van der Waals surface area (Å²) in [5.41, 5.74) is 4.36. The zero-order valence-corrected chi connectivity index (χ0v) is 13.8. The average molecular weight is 298 g/mol. The third kappa shape index (κ3) is 3.55. The second-order valence-corrected chi connectivity index (χ2v) is 6.79. The Morgan fingerprint density at radius 3 is 2.91 bits per heavy atom. The zero-order valence-electron chi connectivity index (χ0n) is 13.8. The Hall–Kier alpha value is -1.68. The quantitative estimate of drug-likeness (QED) is 0.940. The number of piperidine rings is 1. The molecule has 0 radical (unpaired) electrons. The summed E-state index contributed by atoms with van der Waals surface area (Å²) in [5, 5.41) is 7.30. The van der Waals surface area contributed by atoms with Gasteiger partial charge in [0.05, 0.1) is 5.69 Å². The number of nitrogens with one attached hydrogen (secondary N) is 1. The van der Waals surface area contributed by atoms with Crippen LogP contribution in [0, 0.1) is 12.8 Å². The standard InChI is InChI=1S/C18H26N4/c1-13(2)22-8-4-5-16(12-22)10-15-6-7-19-17(11-15)18-9-14(3)20-21-18/h6-7,9,11,13,16H,4-5,8,10,12H2,1-3H3,(H,20,21)/t16-/m0/s1. The molecule has 0 spiro atoms. The van der Waals surface area contributed by atoms with Gasteiger partial charge < -0.3 is 4.90 Å². The van der Waals surface area contributed by atoms with E-state index in [0.29, 0.717) is 6.04 Å². The lowest BCUT2D eigenvalue weighted by Gasteiger charge is -2.35. The summed E-state index contributed by atoms with van der Waals surface area (Å²) < 4.78 is 0. The molecule has 0 bridgehead atoms. The molecule has 0 unspecified atom stereocenters. The van der Waals surface area contributed by atoms with Crippen LogP contribution in [0.1, 0.15) is 37.9 Å². The molecule has 1 aliphatic rings. The number of aryl methyl sites for hydroxylation is 1. The van der Waals surface area contributed by atoms with E-state index < -0.39 is 0 Å². The highest BCUT2D eigenvalue weighted by atomic mass is 15.2. The van der Waals surface area contributed by atoms with Crippen molar-refractivity contribution in [3.05, 3.63) is 35.7 Å². The zero-order chi connectivity index (χ0) is 15.5. The van der Waals surface area contributed by atoms with E-state index in [-0.39, 0.29) is 0 Å². The minimum atomic E-state index is 0.655. The lowest BCUT2D eigenvalue weighted by Crippen LogP contribution is -2.40. The van der Waals surface area contributed by atoms with E-state index in [0.717, 1.165) is 29.4 Å². The van der Waals surface area contributed by atoms with Crippen LogP contribution >= 0.6 is 0 Å². The van der Waals surface area contributed by atoms with Crippen molar-refractivity contribution in [1.82, 2.24) is 20.1 Å².